The van der Waals surface area contributed by atoms with Gasteiger partial charge in [0, 0.05) is 18.0 Å². The monoisotopic (exact) mass is 485 g/mol. The minimum atomic E-state index is 0.900. The first-order valence-corrected chi connectivity index (χ1v) is 13.3. The van der Waals surface area contributed by atoms with Gasteiger partial charge in [0.05, 0.1) is 23.9 Å². The third kappa shape index (κ3) is 4.26. The lowest BCUT2D eigenvalue weighted by atomic mass is 10.1. The van der Waals surface area contributed by atoms with Gasteiger partial charge in [-0.1, -0.05) is 66.4 Å². The Balaban J connectivity index is 1.48. The van der Waals surface area contributed by atoms with Crippen LogP contribution in [-0.2, 0) is 6.54 Å². The molecule has 3 aromatic carbocycles. The summed E-state index contributed by atoms with van der Waals surface area (Å²) < 4.78 is 9.12. The molecule has 1 aliphatic heterocycles. The van der Waals surface area contributed by atoms with Crippen molar-refractivity contribution in [1.29, 1.82) is 0 Å². The van der Waals surface area contributed by atoms with Crippen LogP contribution in [0.15, 0.2) is 88.3 Å². The molecule has 34 heavy (non-hydrogen) atoms. The van der Waals surface area contributed by atoms with E-state index in [9.17, 15) is 0 Å². The number of rotatable bonds is 6. The number of methoxy groups -OCH3 is 1. The van der Waals surface area contributed by atoms with Crippen LogP contribution in [0.1, 0.15) is 25.3 Å². The summed E-state index contributed by atoms with van der Waals surface area (Å²) in [5, 5.41) is 2.54. The minimum Gasteiger partial charge on any atom is -0.497 e. The summed E-state index contributed by atoms with van der Waals surface area (Å²) in [4.78, 5) is 3.63. The van der Waals surface area contributed by atoms with E-state index in [0.29, 0.717) is 0 Å². The highest BCUT2D eigenvalue weighted by molar-refractivity contribution is 8.03. The average molecular weight is 486 g/mol. The molecule has 0 aliphatic carbocycles. The highest BCUT2D eigenvalue weighted by Gasteiger charge is 2.23. The number of anilines is 1. The van der Waals surface area contributed by atoms with Gasteiger partial charge in [-0.2, -0.15) is 4.57 Å². The first kappa shape index (κ1) is 22.8. The van der Waals surface area contributed by atoms with E-state index < -0.39 is 0 Å². The van der Waals surface area contributed by atoms with Crippen molar-refractivity contribution in [2.75, 3.05) is 19.1 Å². The number of ether oxygens (including phenoxy) is 1. The zero-order valence-electron chi connectivity index (χ0n) is 20.0. The van der Waals surface area contributed by atoms with Gasteiger partial charge in [0.2, 0.25) is 5.52 Å². The molecular weight excluding hydrogens is 456 g/mol. The number of hydrogen-bond acceptors (Lipinski definition) is 4. The number of benzene rings is 3. The van der Waals surface area contributed by atoms with Crippen molar-refractivity contribution in [2.45, 2.75) is 31.7 Å². The molecule has 0 saturated carbocycles. The van der Waals surface area contributed by atoms with Crippen molar-refractivity contribution in [3.05, 3.63) is 88.4 Å². The Bertz CT molecular complexity index is 1400. The molecule has 2 heterocycles. The van der Waals surface area contributed by atoms with Gasteiger partial charge < -0.3 is 9.64 Å². The highest BCUT2D eigenvalue weighted by Crippen LogP contribution is 2.47. The average Bonchev–Trinajstić information content (AvgIpc) is 3.39. The summed E-state index contributed by atoms with van der Waals surface area (Å²) in [7, 11) is 3.90. The summed E-state index contributed by atoms with van der Waals surface area (Å²) in [5.41, 5.74) is 6.33. The summed E-state index contributed by atoms with van der Waals surface area (Å²) in [6, 6.07) is 23.7. The molecular formula is C29H29N2OS2+. The summed E-state index contributed by atoms with van der Waals surface area (Å²) in [6.45, 7) is 5.36. The van der Waals surface area contributed by atoms with Crippen LogP contribution < -0.4 is 14.2 Å². The normalized spacial score (nSPS) is 14.8. The Morgan fingerprint density at radius 1 is 1.00 bits per heavy atom. The molecule has 172 valence electrons. The number of thiazole rings is 1. The Morgan fingerprint density at radius 3 is 2.56 bits per heavy atom. The molecule has 0 fully saturated rings. The number of hydrogen-bond donors (Lipinski definition) is 0. The van der Waals surface area contributed by atoms with Gasteiger partial charge in [-0.15, -0.1) is 0 Å². The van der Waals surface area contributed by atoms with Crippen LogP contribution in [0.4, 0.5) is 5.69 Å². The smallest absolute Gasteiger partial charge is 0.263 e. The molecule has 0 N–H and O–H groups in total. The van der Waals surface area contributed by atoms with Gasteiger partial charge >= 0.3 is 0 Å². The fraction of sp³-hybridized carbons (Fsp3) is 0.207. The van der Waals surface area contributed by atoms with E-state index in [4.69, 9.17) is 4.74 Å². The van der Waals surface area contributed by atoms with Crippen molar-refractivity contribution in [2.24, 2.45) is 0 Å². The molecule has 0 radical (unpaired) electrons. The van der Waals surface area contributed by atoms with E-state index in [1.807, 2.05) is 29.2 Å². The zero-order chi connectivity index (χ0) is 23.7. The predicted molar refractivity (Wildman–Crippen MR) is 147 cm³/mol. The number of thioether (sulfide) groups is 1. The van der Waals surface area contributed by atoms with Gasteiger partial charge in [0.25, 0.3) is 5.01 Å². The summed E-state index contributed by atoms with van der Waals surface area (Å²) >= 11 is 3.69. The van der Waals surface area contributed by atoms with Crippen molar-refractivity contribution in [3.8, 4) is 16.9 Å². The molecule has 1 aliphatic rings. The van der Waals surface area contributed by atoms with E-state index in [-0.39, 0.29) is 0 Å². The van der Waals surface area contributed by atoms with Crippen LogP contribution in [0, 0.1) is 0 Å². The Morgan fingerprint density at radius 2 is 1.82 bits per heavy atom. The maximum Gasteiger partial charge on any atom is 0.263 e. The van der Waals surface area contributed by atoms with E-state index in [1.165, 1.54) is 47.5 Å². The molecule has 1 aromatic heterocycles. The van der Waals surface area contributed by atoms with Crippen LogP contribution in [0.25, 0.3) is 27.4 Å². The standard InChI is InChI=1S/C29H29N2OS2/c1-5-20(17-29-31(6-2)25-19-23(32-4)13-15-27(25)34-29)16-28-30(3)24-18-22(12-14-26(24)33-28)21-10-8-7-9-11-21/h7-19H,5-6H2,1-4H3/q+1. The van der Waals surface area contributed by atoms with Crippen LogP contribution in [0.5, 0.6) is 5.75 Å². The van der Waals surface area contributed by atoms with Gasteiger partial charge in [-0.25, -0.2) is 0 Å². The van der Waals surface area contributed by atoms with Crippen LogP contribution in [-0.4, -0.2) is 14.2 Å². The largest absolute Gasteiger partial charge is 0.497 e. The van der Waals surface area contributed by atoms with Crippen molar-refractivity contribution in [1.82, 2.24) is 0 Å². The minimum absolute atomic E-state index is 0.900. The molecule has 3 nitrogen and oxygen atoms in total. The third-order valence-electron chi connectivity index (χ3n) is 6.25. The summed E-state index contributed by atoms with van der Waals surface area (Å²) in [5.74, 6) is 0.900. The highest BCUT2D eigenvalue weighted by atomic mass is 32.2. The van der Waals surface area contributed by atoms with E-state index >= 15 is 0 Å². The van der Waals surface area contributed by atoms with E-state index in [2.05, 4.69) is 103 Å². The first-order chi connectivity index (χ1) is 16.6. The molecule has 4 aromatic rings. The second-order valence-electron chi connectivity index (χ2n) is 8.28. The fourth-order valence-electron chi connectivity index (χ4n) is 4.31. The van der Waals surface area contributed by atoms with Gasteiger partial charge in [-0.05, 0) is 60.4 Å². The first-order valence-electron chi connectivity index (χ1n) is 11.6. The third-order valence-corrected chi connectivity index (χ3v) is 8.53. The molecule has 5 rings (SSSR count). The van der Waals surface area contributed by atoms with E-state index in [0.717, 1.165) is 18.7 Å². The van der Waals surface area contributed by atoms with E-state index in [1.54, 1.807) is 7.11 Å². The SMILES string of the molecule is CCC(=Cc1sc2ccc(OC)cc2[n+]1CC)/C=C1\Sc2ccc(-c3ccccc3)cc2N1C. The molecule has 0 amide bonds. The summed E-state index contributed by atoms with van der Waals surface area (Å²) in [6.07, 6.45) is 5.67. The lowest BCUT2D eigenvalue weighted by Gasteiger charge is -2.15. The lowest BCUT2D eigenvalue weighted by Crippen LogP contribution is -2.33. The maximum atomic E-state index is 5.46. The van der Waals surface area contributed by atoms with Crippen molar-refractivity contribution >= 4 is 45.1 Å². The predicted octanol–water partition coefficient (Wildman–Crippen LogP) is 7.76. The lowest BCUT2D eigenvalue weighted by molar-refractivity contribution is -0.665. The fourth-order valence-corrected chi connectivity index (χ4v) is 6.60. The molecule has 0 saturated heterocycles. The van der Waals surface area contributed by atoms with Crippen LogP contribution in [0.3, 0.4) is 0 Å². The Kier molecular flexibility index (Phi) is 6.48. The van der Waals surface area contributed by atoms with Gasteiger partial charge in [0.15, 0.2) is 0 Å². The van der Waals surface area contributed by atoms with Crippen LogP contribution in [0.2, 0.25) is 0 Å². The molecule has 5 heteroatoms. The Hall–Kier alpha value is -3.02. The van der Waals surface area contributed by atoms with Gasteiger partial charge in [0.1, 0.15) is 17.0 Å². The number of aromatic nitrogens is 1. The topological polar surface area (TPSA) is 16.4 Å². The van der Waals surface area contributed by atoms with Gasteiger partial charge in [-0.3, -0.25) is 0 Å². The molecule has 0 atom stereocenters. The number of aryl methyl sites for hydroxylation is 1. The number of fused-ring (bicyclic) bond motifs is 2. The quantitative estimate of drug-likeness (QED) is 0.260. The number of allylic oxidation sites excluding steroid dienone is 2. The second kappa shape index (κ2) is 9.69. The van der Waals surface area contributed by atoms with Crippen molar-refractivity contribution < 1.29 is 9.30 Å². The molecule has 0 unspecified atom stereocenters. The molecule has 0 bridgehead atoms. The maximum absolute atomic E-state index is 5.46. The molecule has 0 spiro atoms. The van der Waals surface area contributed by atoms with Crippen molar-refractivity contribution in [3.63, 3.8) is 0 Å². The second-order valence-corrected chi connectivity index (χ2v) is 10.4. The zero-order valence-corrected chi connectivity index (χ0v) is 21.7. The number of nitrogens with zero attached hydrogens (tertiary/aromatic N) is 2. The van der Waals surface area contributed by atoms with Crippen LogP contribution >= 0.6 is 23.1 Å². The Labute approximate surface area is 210 Å².